The van der Waals surface area contributed by atoms with Crippen LogP contribution in [0.15, 0.2) is 30.6 Å². The Morgan fingerprint density at radius 3 is 2.95 bits per heavy atom. The molecule has 1 N–H and O–H groups in total. The zero-order valence-electron chi connectivity index (χ0n) is 10.7. The van der Waals surface area contributed by atoms with Crippen LogP contribution >= 0.6 is 0 Å². The Kier molecular flexibility index (Phi) is 2.74. The Morgan fingerprint density at radius 1 is 1.37 bits per heavy atom. The molecule has 1 aliphatic rings. The number of fused-ring (bicyclic) bond motifs is 1. The van der Waals surface area contributed by atoms with Gasteiger partial charge in [0.2, 0.25) is 0 Å². The molecule has 2 heterocycles. The Balaban J connectivity index is 1.83. The first-order valence-corrected chi connectivity index (χ1v) is 6.22. The molecule has 5 nitrogen and oxygen atoms in total. The zero-order chi connectivity index (χ0) is 13.4. The van der Waals surface area contributed by atoms with Crippen molar-refractivity contribution in [2.75, 3.05) is 6.54 Å². The molecule has 1 amide bonds. The van der Waals surface area contributed by atoms with Crippen LogP contribution in [0.3, 0.4) is 0 Å². The minimum atomic E-state index is -0.0120. The molecule has 1 aromatic carbocycles. The van der Waals surface area contributed by atoms with Gasteiger partial charge in [0.25, 0.3) is 5.91 Å². The van der Waals surface area contributed by atoms with Crippen LogP contribution in [0, 0.1) is 0 Å². The lowest BCUT2D eigenvalue weighted by molar-refractivity contribution is 0.0734. The number of aryl methyl sites for hydroxylation is 1. The fourth-order valence-electron chi connectivity index (χ4n) is 2.43. The number of rotatable bonds is 1. The Morgan fingerprint density at radius 2 is 2.21 bits per heavy atom. The lowest BCUT2D eigenvalue weighted by Crippen LogP contribution is -2.35. The van der Waals surface area contributed by atoms with Crippen LogP contribution in [0.25, 0.3) is 0 Å². The fraction of sp³-hybridized carbons (Fsp3) is 0.286. The highest BCUT2D eigenvalue weighted by atomic mass is 16.3. The summed E-state index contributed by atoms with van der Waals surface area (Å²) in [6, 6.07) is 5.35. The van der Waals surface area contributed by atoms with Crippen LogP contribution in [0.1, 0.15) is 21.5 Å². The predicted molar refractivity (Wildman–Crippen MR) is 69.8 cm³/mol. The van der Waals surface area contributed by atoms with E-state index in [1.807, 2.05) is 6.07 Å². The van der Waals surface area contributed by atoms with E-state index in [0.717, 1.165) is 12.0 Å². The SMILES string of the molecule is Cn1cc(C(=O)N2CCc3ccc(O)cc3C2)cn1. The number of nitrogens with zero attached hydrogens (tertiary/aromatic N) is 3. The standard InChI is InChI=1S/C14H15N3O2/c1-16-8-12(7-15-16)14(19)17-5-4-10-2-3-13(18)6-11(10)9-17/h2-3,6-8,18H,4-5,9H2,1H3. The third-order valence-corrected chi connectivity index (χ3v) is 3.44. The molecule has 0 fully saturated rings. The number of aromatic hydroxyl groups is 1. The van der Waals surface area contributed by atoms with Gasteiger partial charge >= 0.3 is 0 Å². The van der Waals surface area contributed by atoms with E-state index >= 15 is 0 Å². The first kappa shape index (κ1) is 11.8. The van der Waals surface area contributed by atoms with Gasteiger partial charge in [0.1, 0.15) is 5.75 Å². The molecule has 0 radical (unpaired) electrons. The second-order valence-electron chi connectivity index (χ2n) is 4.83. The fourth-order valence-corrected chi connectivity index (χ4v) is 2.43. The van der Waals surface area contributed by atoms with Crippen LogP contribution < -0.4 is 0 Å². The molecular formula is C14H15N3O2. The highest BCUT2D eigenvalue weighted by Crippen LogP contribution is 2.24. The van der Waals surface area contributed by atoms with Crippen LogP contribution in [-0.4, -0.2) is 32.2 Å². The molecule has 1 aliphatic heterocycles. The summed E-state index contributed by atoms with van der Waals surface area (Å²) in [5, 5.41) is 13.5. The van der Waals surface area contributed by atoms with Crippen molar-refractivity contribution in [3.63, 3.8) is 0 Å². The smallest absolute Gasteiger partial charge is 0.257 e. The number of hydrogen-bond donors (Lipinski definition) is 1. The highest BCUT2D eigenvalue weighted by molar-refractivity contribution is 5.93. The highest BCUT2D eigenvalue weighted by Gasteiger charge is 2.22. The van der Waals surface area contributed by atoms with Gasteiger partial charge in [-0.15, -0.1) is 0 Å². The number of phenolic OH excluding ortho intramolecular Hbond substituents is 1. The van der Waals surface area contributed by atoms with Crippen molar-refractivity contribution in [2.45, 2.75) is 13.0 Å². The van der Waals surface area contributed by atoms with Gasteiger partial charge < -0.3 is 10.0 Å². The van der Waals surface area contributed by atoms with Gasteiger partial charge in [0.05, 0.1) is 11.8 Å². The lowest BCUT2D eigenvalue weighted by atomic mass is 9.99. The van der Waals surface area contributed by atoms with E-state index in [4.69, 9.17) is 0 Å². The minimum absolute atomic E-state index is 0.0120. The molecule has 0 unspecified atom stereocenters. The van der Waals surface area contributed by atoms with Crippen molar-refractivity contribution in [1.82, 2.24) is 14.7 Å². The second kappa shape index (κ2) is 4.42. The molecule has 0 bridgehead atoms. The number of carbonyl (C=O) groups excluding carboxylic acids is 1. The minimum Gasteiger partial charge on any atom is -0.508 e. The van der Waals surface area contributed by atoms with Gasteiger partial charge in [-0.1, -0.05) is 6.07 Å². The van der Waals surface area contributed by atoms with Gasteiger partial charge in [-0.05, 0) is 29.7 Å². The van der Waals surface area contributed by atoms with Crippen molar-refractivity contribution in [3.8, 4) is 5.75 Å². The number of phenols is 1. The van der Waals surface area contributed by atoms with E-state index in [1.54, 1.807) is 41.2 Å². The maximum Gasteiger partial charge on any atom is 0.257 e. The van der Waals surface area contributed by atoms with E-state index in [1.165, 1.54) is 5.56 Å². The normalized spacial score (nSPS) is 14.3. The number of carbonyl (C=O) groups is 1. The van der Waals surface area contributed by atoms with Crippen LogP contribution in [-0.2, 0) is 20.0 Å². The van der Waals surface area contributed by atoms with Gasteiger partial charge in [0.15, 0.2) is 0 Å². The quantitative estimate of drug-likeness (QED) is 0.838. The predicted octanol–water partition coefficient (Wildman–Crippen LogP) is 1.32. The van der Waals surface area contributed by atoms with Crippen LogP contribution in [0.5, 0.6) is 5.75 Å². The molecule has 1 aromatic heterocycles. The Labute approximate surface area is 111 Å². The summed E-state index contributed by atoms with van der Waals surface area (Å²) < 4.78 is 1.62. The van der Waals surface area contributed by atoms with E-state index in [2.05, 4.69) is 5.10 Å². The van der Waals surface area contributed by atoms with E-state index in [9.17, 15) is 9.90 Å². The largest absolute Gasteiger partial charge is 0.508 e. The summed E-state index contributed by atoms with van der Waals surface area (Å²) in [5.74, 6) is 0.233. The number of benzene rings is 1. The van der Waals surface area contributed by atoms with Gasteiger partial charge in [-0.2, -0.15) is 5.10 Å². The van der Waals surface area contributed by atoms with E-state index in [-0.39, 0.29) is 11.7 Å². The molecule has 2 aromatic rings. The second-order valence-corrected chi connectivity index (χ2v) is 4.83. The molecule has 5 heteroatoms. The molecule has 3 rings (SSSR count). The lowest BCUT2D eigenvalue weighted by Gasteiger charge is -2.28. The summed E-state index contributed by atoms with van der Waals surface area (Å²) in [7, 11) is 1.79. The summed E-state index contributed by atoms with van der Waals surface area (Å²) in [4.78, 5) is 14.1. The van der Waals surface area contributed by atoms with Crippen LogP contribution in [0.4, 0.5) is 0 Å². The number of hydrogen-bond acceptors (Lipinski definition) is 3. The summed E-state index contributed by atoms with van der Waals surface area (Å²) in [6.45, 7) is 1.24. The maximum atomic E-state index is 12.3. The monoisotopic (exact) mass is 257 g/mol. The van der Waals surface area contributed by atoms with Crippen molar-refractivity contribution in [3.05, 3.63) is 47.3 Å². The Bertz CT molecular complexity index is 633. The molecular weight excluding hydrogens is 242 g/mol. The average molecular weight is 257 g/mol. The first-order chi connectivity index (χ1) is 9.13. The van der Waals surface area contributed by atoms with Crippen molar-refractivity contribution < 1.29 is 9.90 Å². The first-order valence-electron chi connectivity index (χ1n) is 6.22. The topological polar surface area (TPSA) is 58.4 Å². The zero-order valence-corrected chi connectivity index (χ0v) is 10.7. The van der Waals surface area contributed by atoms with Crippen molar-refractivity contribution in [1.29, 1.82) is 0 Å². The molecule has 0 saturated heterocycles. The summed E-state index contributed by atoms with van der Waals surface area (Å²) in [5.41, 5.74) is 2.82. The molecule has 0 saturated carbocycles. The third-order valence-electron chi connectivity index (χ3n) is 3.44. The molecule has 0 atom stereocenters. The number of aromatic nitrogens is 2. The number of amides is 1. The summed E-state index contributed by atoms with van der Waals surface area (Å²) >= 11 is 0. The molecule has 0 spiro atoms. The third kappa shape index (κ3) is 2.19. The van der Waals surface area contributed by atoms with Crippen molar-refractivity contribution in [2.24, 2.45) is 7.05 Å². The van der Waals surface area contributed by atoms with Crippen molar-refractivity contribution >= 4 is 5.91 Å². The van der Waals surface area contributed by atoms with Gasteiger partial charge in [-0.25, -0.2) is 0 Å². The van der Waals surface area contributed by atoms with E-state index < -0.39 is 0 Å². The van der Waals surface area contributed by atoms with Gasteiger partial charge in [-0.3, -0.25) is 9.48 Å². The average Bonchev–Trinajstić information content (AvgIpc) is 2.83. The van der Waals surface area contributed by atoms with Crippen LogP contribution in [0.2, 0.25) is 0 Å². The molecule has 19 heavy (non-hydrogen) atoms. The molecule has 98 valence electrons. The molecule has 0 aliphatic carbocycles. The van der Waals surface area contributed by atoms with E-state index in [0.29, 0.717) is 18.7 Å². The van der Waals surface area contributed by atoms with Gasteiger partial charge in [0, 0.05) is 26.3 Å². The summed E-state index contributed by atoms with van der Waals surface area (Å²) in [6.07, 6.45) is 4.13. The Hall–Kier alpha value is -2.30. The maximum absolute atomic E-state index is 12.3.